The standard InChI is InChI=1S/C19H13F3/c20-19(21,22)17-13-7-12-16(14-8-3-1-4-9-14)18(17)15-10-5-2-6-11-15/h1-13H. The normalized spacial score (nSPS) is 11.4. The highest BCUT2D eigenvalue weighted by molar-refractivity contribution is 5.86. The average molecular weight is 298 g/mol. The van der Waals surface area contributed by atoms with Crippen molar-refractivity contribution < 1.29 is 13.2 Å². The molecule has 0 bridgehead atoms. The van der Waals surface area contributed by atoms with Gasteiger partial charge in [-0.25, -0.2) is 0 Å². The third-order valence-electron chi connectivity index (χ3n) is 3.52. The Kier molecular flexibility index (Phi) is 3.72. The van der Waals surface area contributed by atoms with Crippen molar-refractivity contribution in [3.8, 4) is 22.3 Å². The Morgan fingerprint density at radius 1 is 0.545 bits per heavy atom. The van der Waals surface area contributed by atoms with Gasteiger partial charge in [0.2, 0.25) is 0 Å². The molecule has 0 aromatic heterocycles. The zero-order valence-corrected chi connectivity index (χ0v) is 11.6. The summed E-state index contributed by atoms with van der Waals surface area (Å²) in [5.41, 5.74) is 1.53. The van der Waals surface area contributed by atoms with Crippen molar-refractivity contribution in [1.29, 1.82) is 0 Å². The maximum atomic E-state index is 13.4. The van der Waals surface area contributed by atoms with Crippen LogP contribution < -0.4 is 0 Å². The Labute approximate surface area is 126 Å². The fraction of sp³-hybridized carbons (Fsp3) is 0.0526. The second-order valence-electron chi connectivity index (χ2n) is 4.96. The van der Waals surface area contributed by atoms with E-state index in [1.165, 1.54) is 6.07 Å². The molecule has 0 saturated heterocycles. The van der Waals surface area contributed by atoms with Gasteiger partial charge in [-0.2, -0.15) is 13.2 Å². The SMILES string of the molecule is FC(F)(F)c1cccc(-c2ccccc2)c1-c1ccccc1. The predicted molar refractivity (Wildman–Crippen MR) is 82.3 cm³/mol. The van der Waals surface area contributed by atoms with E-state index in [4.69, 9.17) is 0 Å². The summed E-state index contributed by atoms with van der Waals surface area (Å²) < 4.78 is 40.3. The molecule has 110 valence electrons. The van der Waals surface area contributed by atoms with Crippen molar-refractivity contribution in [2.24, 2.45) is 0 Å². The molecular weight excluding hydrogens is 285 g/mol. The van der Waals surface area contributed by atoms with Gasteiger partial charge in [-0.05, 0) is 22.8 Å². The van der Waals surface area contributed by atoms with Gasteiger partial charge in [0.25, 0.3) is 0 Å². The predicted octanol–water partition coefficient (Wildman–Crippen LogP) is 6.04. The zero-order chi connectivity index (χ0) is 15.6. The number of hydrogen-bond donors (Lipinski definition) is 0. The van der Waals surface area contributed by atoms with Crippen molar-refractivity contribution in [1.82, 2.24) is 0 Å². The van der Waals surface area contributed by atoms with Crippen molar-refractivity contribution in [3.05, 3.63) is 84.4 Å². The molecule has 0 aliphatic rings. The molecule has 22 heavy (non-hydrogen) atoms. The second kappa shape index (κ2) is 5.68. The minimum Gasteiger partial charge on any atom is -0.166 e. The van der Waals surface area contributed by atoms with Crippen LogP contribution >= 0.6 is 0 Å². The van der Waals surface area contributed by atoms with Crippen LogP contribution in [0.1, 0.15) is 5.56 Å². The number of rotatable bonds is 2. The summed E-state index contributed by atoms with van der Waals surface area (Å²) >= 11 is 0. The average Bonchev–Trinajstić information content (AvgIpc) is 2.55. The number of halogens is 3. The first-order valence-corrected chi connectivity index (χ1v) is 6.88. The van der Waals surface area contributed by atoms with Crippen LogP contribution in [0.4, 0.5) is 13.2 Å². The summed E-state index contributed by atoms with van der Waals surface area (Å²) in [6.45, 7) is 0. The van der Waals surface area contributed by atoms with E-state index >= 15 is 0 Å². The molecule has 0 amide bonds. The first-order chi connectivity index (χ1) is 10.6. The molecule has 0 spiro atoms. The van der Waals surface area contributed by atoms with E-state index in [-0.39, 0.29) is 5.56 Å². The highest BCUT2D eigenvalue weighted by Crippen LogP contribution is 2.42. The fourth-order valence-corrected chi connectivity index (χ4v) is 2.56. The molecule has 0 atom stereocenters. The van der Waals surface area contributed by atoms with Crippen LogP contribution in [0.15, 0.2) is 78.9 Å². The number of benzene rings is 3. The van der Waals surface area contributed by atoms with Crippen LogP contribution in [0, 0.1) is 0 Å². The highest BCUT2D eigenvalue weighted by atomic mass is 19.4. The van der Waals surface area contributed by atoms with Gasteiger partial charge in [-0.1, -0.05) is 72.8 Å². The van der Waals surface area contributed by atoms with Gasteiger partial charge in [0.15, 0.2) is 0 Å². The van der Waals surface area contributed by atoms with Gasteiger partial charge in [0.1, 0.15) is 0 Å². The molecule has 0 unspecified atom stereocenters. The molecule has 3 aromatic carbocycles. The highest BCUT2D eigenvalue weighted by Gasteiger charge is 2.34. The summed E-state index contributed by atoms with van der Waals surface area (Å²) in [5, 5.41) is 0. The third kappa shape index (κ3) is 2.75. The molecule has 0 N–H and O–H groups in total. The Morgan fingerprint density at radius 3 is 1.64 bits per heavy atom. The van der Waals surface area contributed by atoms with E-state index in [1.54, 1.807) is 36.4 Å². The van der Waals surface area contributed by atoms with E-state index in [0.29, 0.717) is 11.1 Å². The smallest absolute Gasteiger partial charge is 0.166 e. The molecule has 0 aliphatic heterocycles. The third-order valence-corrected chi connectivity index (χ3v) is 3.52. The lowest BCUT2D eigenvalue weighted by Gasteiger charge is -2.17. The van der Waals surface area contributed by atoms with Gasteiger partial charge < -0.3 is 0 Å². The summed E-state index contributed by atoms with van der Waals surface area (Å²) in [6, 6.07) is 22.2. The molecule has 0 nitrogen and oxygen atoms in total. The van der Waals surface area contributed by atoms with E-state index in [2.05, 4.69) is 0 Å². The second-order valence-corrected chi connectivity index (χ2v) is 4.96. The molecule has 3 rings (SSSR count). The molecule has 0 saturated carbocycles. The van der Waals surface area contributed by atoms with Crippen LogP contribution in [0.25, 0.3) is 22.3 Å². The maximum absolute atomic E-state index is 13.4. The van der Waals surface area contributed by atoms with Crippen molar-refractivity contribution in [2.45, 2.75) is 6.18 Å². The Balaban J connectivity index is 2.32. The van der Waals surface area contributed by atoms with Crippen LogP contribution in [0.3, 0.4) is 0 Å². The minimum absolute atomic E-state index is 0.224. The van der Waals surface area contributed by atoms with Crippen molar-refractivity contribution in [3.63, 3.8) is 0 Å². The van der Waals surface area contributed by atoms with Gasteiger partial charge in [0.05, 0.1) is 5.56 Å². The van der Waals surface area contributed by atoms with Gasteiger partial charge >= 0.3 is 6.18 Å². The molecule has 0 radical (unpaired) electrons. The van der Waals surface area contributed by atoms with Gasteiger partial charge in [-0.3, -0.25) is 0 Å². The van der Waals surface area contributed by atoms with Gasteiger partial charge in [0, 0.05) is 5.56 Å². The van der Waals surface area contributed by atoms with E-state index in [1.807, 2.05) is 30.3 Å². The Morgan fingerprint density at radius 2 is 1.09 bits per heavy atom. The summed E-state index contributed by atoms with van der Waals surface area (Å²) in [5.74, 6) is 0. The summed E-state index contributed by atoms with van der Waals surface area (Å²) in [4.78, 5) is 0. The van der Waals surface area contributed by atoms with Crippen molar-refractivity contribution in [2.75, 3.05) is 0 Å². The number of alkyl halides is 3. The summed E-state index contributed by atoms with van der Waals surface area (Å²) in [7, 11) is 0. The Hall–Kier alpha value is -2.55. The monoisotopic (exact) mass is 298 g/mol. The lowest BCUT2D eigenvalue weighted by atomic mass is 9.90. The van der Waals surface area contributed by atoms with E-state index < -0.39 is 11.7 Å². The molecule has 0 heterocycles. The zero-order valence-electron chi connectivity index (χ0n) is 11.6. The molecular formula is C19H13F3. The van der Waals surface area contributed by atoms with Crippen LogP contribution in [-0.4, -0.2) is 0 Å². The van der Waals surface area contributed by atoms with E-state index in [9.17, 15) is 13.2 Å². The van der Waals surface area contributed by atoms with E-state index in [0.717, 1.165) is 11.6 Å². The summed E-state index contributed by atoms with van der Waals surface area (Å²) in [6.07, 6.45) is -4.39. The largest absolute Gasteiger partial charge is 0.417 e. The number of hydrogen-bond acceptors (Lipinski definition) is 0. The lowest BCUT2D eigenvalue weighted by Crippen LogP contribution is -2.08. The molecule has 3 aromatic rings. The van der Waals surface area contributed by atoms with Crippen molar-refractivity contribution >= 4 is 0 Å². The Bertz CT molecular complexity index is 760. The fourth-order valence-electron chi connectivity index (χ4n) is 2.56. The van der Waals surface area contributed by atoms with Gasteiger partial charge in [-0.15, -0.1) is 0 Å². The van der Waals surface area contributed by atoms with Crippen LogP contribution in [0.5, 0.6) is 0 Å². The quantitative estimate of drug-likeness (QED) is 0.541. The maximum Gasteiger partial charge on any atom is 0.417 e. The van der Waals surface area contributed by atoms with Crippen LogP contribution in [0.2, 0.25) is 0 Å². The first-order valence-electron chi connectivity index (χ1n) is 6.88. The molecule has 3 heteroatoms. The molecule has 0 aliphatic carbocycles. The lowest BCUT2D eigenvalue weighted by molar-refractivity contribution is -0.137. The first kappa shape index (κ1) is 14.4. The molecule has 0 fully saturated rings. The minimum atomic E-state index is -4.39. The topological polar surface area (TPSA) is 0 Å². The van der Waals surface area contributed by atoms with Crippen LogP contribution in [-0.2, 0) is 6.18 Å².